The van der Waals surface area contributed by atoms with E-state index >= 15 is 0 Å². The number of methoxy groups -OCH3 is 1. The smallest absolute Gasteiger partial charge is 0.251 e. The Balaban J connectivity index is 1.76. The third kappa shape index (κ3) is 3.82. The van der Waals surface area contributed by atoms with Crippen LogP contribution in [0.5, 0.6) is 5.75 Å². The van der Waals surface area contributed by atoms with Gasteiger partial charge in [0.1, 0.15) is 11.6 Å². The van der Waals surface area contributed by atoms with Crippen LogP contribution in [0, 0.1) is 0 Å². The highest BCUT2D eigenvalue weighted by molar-refractivity contribution is 5.94. The van der Waals surface area contributed by atoms with E-state index in [2.05, 4.69) is 27.9 Å². The molecule has 1 amide bonds. The van der Waals surface area contributed by atoms with Crippen LogP contribution in [0.4, 0.5) is 0 Å². The fraction of sp³-hybridized carbons (Fsp3) is 0.300. The minimum Gasteiger partial charge on any atom is -0.497 e. The monoisotopic (exact) mass is 337 g/mol. The first kappa shape index (κ1) is 17.0. The lowest BCUT2D eigenvalue weighted by Gasteiger charge is -2.10. The maximum absolute atomic E-state index is 12.4. The number of aromatic nitrogens is 2. The number of carbonyl (C=O) groups is 1. The average molecular weight is 337 g/mol. The molecule has 0 spiro atoms. The number of amides is 1. The molecule has 0 aliphatic carbocycles. The Morgan fingerprint density at radius 2 is 1.92 bits per heavy atom. The summed E-state index contributed by atoms with van der Waals surface area (Å²) >= 11 is 0. The van der Waals surface area contributed by atoms with Crippen LogP contribution >= 0.6 is 0 Å². The quantitative estimate of drug-likeness (QED) is 0.714. The first-order valence-corrected chi connectivity index (χ1v) is 8.59. The third-order valence-corrected chi connectivity index (χ3v) is 4.23. The minimum absolute atomic E-state index is 0.114. The molecule has 0 saturated heterocycles. The lowest BCUT2D eigenvalue weighted by molar-refractivity contribution is 0.0949. The van der Waals surface area contributed by atoms with E-state index in [0.29, 0.717) is 12.1 Å². The molecular formula is C20H23N3O2. The molecule has 0 fully saturated rings. The number of hydrogen-bond donors (Lipinski definition) is 1. The number of carbonyl (C=O) groups excluding carboxylic acids is 1. The van der Waals surface area contributed by atoms with Gasteiger partial charge in [0.15, 0.2) is 0 Å². The number of nitrogens with one attached hydrogen (secondary N) is 1. The highest BCUT2D eigenvalue weighted by Gasteiger charge is 2.12. The van der Waals surface area contributed by atoms with E-state index < -0.39 is 0 Å². The molecule has 1 N–H and O–H groups in total. The number of rotatable bonds is 7. The van der Waals surface area contributed by atoms with Gasteiger partial charge in [0.25, 0.3) is 5.91 Å². The molecule has 0 radical (unpaired) electrons. The Morgan fingerprint density at radius 3 is 2.64 bits per heavy atom. The second-order valence-electron chi connectivity index (χ2n) is 5.93. The molecule has 2 aromatic carbocycles. The number of fused-ring (bicyclic) bond motifs is 1. The predicted octanol–water partition coefficient (Wildman–Crippen LogP) is 3.78. The van der Waals surface area contributed by atoms with E-state index in [1.54, 1.807) is 31.4 Å². The summed E-state index contributed by atoms with van der Waals surface area (Å²) in [6, 6.07) is 15.2. The fourth-order valence-corrected chi connectivity index (χ4v) is 2.83. The van der Waals surface area contributed by atoms with Crippen molar-refractivity contribution in [3.05, 3.63) is 59.9 Å². The Morgan fingerprint density at radius 1 is 1.16 bits per heavy atom. The molecule has 1 aromatic heterocycles. The van der Waals surface area contributed by atoms with Gasteiger partial charge in [-0.3, -0.25) is 4.79 Å². The summed E-state index contributed by atoms with van der Waals surface area (Å²) in [6.45, 7) is 3.48. The van der Waals surface area contributed by atoms with Crippen molar-refractivity contribution in [3.8, 4) is 5.75 Å². The number of unbranched alkanes of at least 4 members (excludes halogenated alkanes) is 1. The van der Waals surface area contributed by atoms with Gasteiger partial charge in [0.2, 0.25) is 0 Å². The van der Waals surface area contributed by atoms with E-state index in [9.17, 15) is 4.79 Å². The summed E-state index contributed by atoms with van der Waals surface area (Å²) in [7, 11) is 1.61. The second-order valence-corrected chi connectivity index (χ2v) is 5.93. The van der Waals surface area contributed by atoms with Crippen LogP contribution in [0.15, 0.2) is 48.5 Å². The van der Waals surface area contributed by atoms with Gasteiger partial charge in [0.05, 0.1) is 24.7 Å². The van der Waals surface area contributed by atoms with Crippen LogP contribution < -0.4 is 10.1 Å². The molecule has 5 nitrogen and oxygen atoms in total. The summed E-state index contributed by atoms with van der Waals surface area (Å²) < 4.78 is 7.32. The van der Waals surface area contributed by atoms with Crippen molar-refractivity contribution in [2.75, 3.05) is 7.11 Å². The molecule has 1 heterocycles. The van der Waals surface area contributed by atoms with Crippen molar-refractivity contribution in [3.63, 3.8) is 0 Å². The Hall–Kier alpha value is -2.82. The molecule has 130 valence electrons. The van der Waals surface area contributed by atoms with Crippen LogP contribution in [-0.2, 0) is 13.1 Å². The zero-order valence-corrected chi connectivity index (χ0v) is 14.7. The summed E-state index contributed by atoms with van der Waals surface area (Å²) in [5, 5.41) is 2.97. The number of nitrogens with zero attached hydrogens (tertiary/aromatic N) is 2. The van der Waals surface area contributed by atoms with Crippen LogP contribution in [0.25, 0.3) is 11.0 Å². The highest BCUT2D eigenvalue weighted by atomic mass is 16.5. The third-order valence-electron chi connectivity index (χ3n) is 4.23. The van der Waals surface area contributed by atoms with Crippen LogP contribution in [-0.4, -0.2) is 22.6 Å². The van der Waals surface area contributed by atoms with Gasteiger partial charge in [-0.25, -0.2) is 4.98 Å². The van der Waals surface area contributed by atoms with Crippen LogP contribution in [0.1, 0.15) is 35.9 Å². The Kier molecular flexibility index (Phi) is 5.33. The molecule has 0 aliphatic rings. The molecule has 5 heteroatoms. The lowest BCUT2D eigenvalue weighted by atomic mass is 10.2. The Bertz CT molecular complexity index is 853. The zero-order chi connectivity index (χ0) is 17.6. The second kappa shape index (κ2) is 7.83. The maximum Gasteiger partial charge on any atom is 0.251 e. The maximum atomic E-state index is 12.4. The van der Waals surface area contributed by atoms with Crippen molar-refractivity contribution < 1.29 is 9.53 Å². The summed E-state index contributed by atoms with van der Waals surface area (Å²) in [6.07, 6.45) is 2.20. The SMILES string of the molecule is CCCCn1c(CNC(=O)c2ccc(OC)cc2)nc2ccccc21. The van der Waals surface area contributed by atoms with E-state index in [1.165, 1.54) is 0 Å². The number of aryl methyl sites for hydroxylation is 1. The number of hydrogen-bond acceptors (Lipinski definition) is 3. The normalized spacial score (nSPS) is 10.8. The van der Waals surface area contributed by atoms with Crippen molar-refractivity contribution >= 4 is 16.9 Å². The van der Waals surface area contributed by atoms with Crippen molar-refractivity contribution in [1.29, 1.82) is 0 Å². The molecule has 0 aliphatic heterocycles. The number of imidazole rings is 1. The van der Waals surface area contributed by atoms with Gasteiger partial charge in [-0.05, 0) is 42.8 Å². The molecule has 0 bridgehead atoms. The zero-order valence-electron chi connectivity index (χ0n) is 14.7. The minimum atomic E-state index is -0.114. The van der Waals surface area contributed by atoms with E-state index in [4.69, 9.17) is 4.74 Å². The molecule has 25 heavy (non-hydrogen) atoms. The van der Waals surface area contributed by atoms with Crippen molar-refractivity contribution in [2.45, 2.75) is 32.9 Å². The molecule has 3 aromatic rings. The number of ether oxygens (including phenoxy) is 1. The van der Waals surface area contributed by atoms with Gasteiger partial charge < -0.3 is 14.6 Å². The topological polar surface area (TPSA) is 56.2 Å². The molecular weight excluding hydrogens is 314 g/mol. The van der Waals surface area contributed by atoms with Crippen LogP contribution in [0.2, 0.25) is 0 Å². The first-order valence-electron chi connectivity index (χ1n) is 8.59. The van der Waals surface area contributed by atoms with E-state index in [1.807, 2.05) is 18.2 Å². The van der Waals surface area contributed by atoms with E-state index in [-0.39, 0.29) is 5.91 Å². The fourth-order valence-electron chi connectivity index (χ4n) is 2.83. The van der Waals surface area contributed by atoms with Gasteiger partial charge in [0, 0.05) is 12.1 Å². The largest absolute Gasteiger partial charge is 0.497 e. The number of para-hydroxylation sites is 2. The Labute approximate surface area is 147 Å². The summed E-state index contributed by atoms with van der Waals surface area (Å²) in [5.41, 5.74) is 2.69. The molecule has 0 atom stereocenters. The average Bonchev–Trinajstić information content (AvgIpc) is 3.02. The van der Waals surface area contributed by atoms with Gasteiger partial charge in [-0.15, -0.1) is 0 Å². The molecule has 0 saturated carbocycles. The highest BCUT2D eigenvalue weighted by Crippen LogP contribution is 2.17. The van der Waals surface area contributed by atoms with Crippen molar-refractivity contribution in [1.82, 2.24) is 14.9 Å². The van der Waals surface area contributed by atoms with Crippen LogP contribution in [0.3, 0.4) is 0 Å². The van der Waals surface area contributed by atoms with Gasteiger partial charge in [-0.1, -0.05) is 25.5 Å². The van der Waals surface area contributed by atoms with E-state index in [0.717, 1.165) is 42.0 Å². The summed E-state index contributed by atoms with van der Waals surface area (Å²) in [5.74, 6) is 1.51. The van der Waals surface area contributed by atoms with Crippen molar-refractivity contribution in [2.24, 2.45) is 0 Å². The standard InChI is InChI=1S/C20H23N3O2/c1-3-4-13-23-18-8-6-5-7-17(18)22-19(23)14-21-20(24)15-9-11-16(25-2)12-10-15/h5-12H,3-4,13-14H2,1-2H3,(H,21,24). The first-order chi connectivity index (χ1) is 12.2. The van der Waals surface area contributed by atoms with Gasteiger partial charge >= 0.3 is 0 Å². The molecule has 3 rings (SSSR count). The number of benzene rings is 2. The summed E-state index contributed by atoms with van der Waals surface area (Å²) in [4.78, 5) is 17.1. The van der Waals surface area contributed by atoms with Gasteiger partial charge in [-0.2, -0.15) is 0 Å². The molecule has 0 unspecified atom stereocenters. The lowest BCUT2D eigenvalue weighted by Crippen LogP contribution is -2.24. The predicted molar refractivity (Wildman–Crippen MR) is 98.8 cm³/mol.